The summed E-state index contributed by atoms with van der Waals surface area (Å²) >= 11 is 6.39. The minimum absolute atomic E-state index is 0.786. The van der Waals surface area contributed by atoms with Crippen molar-refractivity contribution in [2.75, 3.05) is 20.2 Å². The van der Waals surface area contributed by atoms with Gasteiger partial charge in [0.05, 0.1) is 7.11 Å². The molecule has 2 nitrogen and oxygen atoms in total. The van der Waals surface area contributed by atoms with Crippen LogP contribution in [-0.4, -0.2) is 25.1 Å². The Kier molecular flexibility index (Phi) is 4.47. The Bertz CT molecular complexity index is 620. The maximum Gasteiger partial charge on any atom is 0.119 e. The molecule has 1 heterocycles. The van der Waals surface area contributed by atoms with Crippen molar-refractivity contribution in [3.8, 4) is 16.9 Å². The van der Waals surface area contributed by atoms with Crippen molar-refractivity contribution in [3.63, 3.8) is 0 Å². The van der Waals surface area contributed by atoms with E-state index in [-0.39, 0.29) is 0 Å². The number of nitrogens with zero attached hydrogens (tertiary/aromatic N) is 1. The quantitative estimate of drug-likeness (QED) is 0.817. The zero-order chi connectivity index (χ0) is 14.7. The van der Waals surface area contributed by atoms with E-state index < -0.39 is 0 Å². The summed E-state index contributed by atoms with van der Waals surface area (Å²) in [5, 5.41) is 0.786. The van der Waals surface area contributed by atoms with Gasteiger partial charge in [0.2, 0.25) is 0 Å². The van der Waals surface area contributed by atoms with Crippen LogP contribution in [0.2, 0.25) is 5.02 Å². The Labute approximate surface area is 131 Å². The summed E-state index contributed by atoms with van der Waals surface area (Å²) in [4.78, 5) is 2.50. The third-order valence-electron chi connectivity index (χ3n) is 4.02. The monoisotopic (exact) mass is 301 g/mol. The van der Waals surface area contributed by atoms with Crippen LogP contribution < -0.4 is 4.74 Å². The first-order chi connectivity index (χ1) is 10.3. The number of hydrogen-bond acceptors (Lipinski definition) is 2. The number of rotatable bonds is 4. The van der Waals surface area contributed by atoms with E-state index in [1.807, 2.05) is 24.3 Å². The average Bonchev–Trinajstić information content (AvgIpc) is 3.02. The smallest absolute Gasteiger partial charge is 0.119 e. The van der Waals surface area contributed by atoms with Gasteiger partial charge in [-0.15, -0.1) is 0 Å². The van der Waals surface area contributed by atoms with Crippen LogP contribution in [0.4, 0.5) is 0 Å². The molecule has 0 atom stereocenters. The van der Waals surface area contributed by atoms with E-state index in [1.165, 1.54) is 31.5 Å². The molecule has 0 bridgehead atoms. The van der Waals surface area contributed by atoms with E-state index in [1.54, 1.807) is 7.11 Å². The molecule has 1 aliphatic rings. The van der Waals surface area contributed by atoms with E-state index in [4.69, 9.17) is 16.3 Å². The van der Waals surface area contributed by atoms with Crippen molar-refractivity contribution in [3.05, 3.63) is 53.1 Å². The van der Waals surface area contributed by atoms with Crippen LogP contribution in [0.15, 0.2) is 42.5 Å². The maximum absolute atomic E-state index is 6.39. The van der Waals surface area contributed by atoms with Crippen LogP contribution in [0.5, 0.6) is 5.75 Å². The first-order valence-electron chi connectivity index (χ1n) is 7.41. The first kappa shape index (κ1) is 14.4. The van der Waals surface area contributed by atoms with Crippen LogP contribution >= 0.6 is 11.6 Å². The molecule has 2 aromatic rings. The molecule has 2 aromatic carbocycles. The van der Waals surface area contributed by atoms with Crippen molar-refractivity contribution in [2.45, 2.75) is 19.4 Å². The van der Waals surface area contributed by atoms with Gasteiger partial charge >= 0.3 is 0 Å². The topological polar surface area (TPSA) is 12.5 Å². The summed E-state index contributed by atoms with van der Waals surface area (Å²) in [6, 6.07) is 14.4. The fourth-order valence-corrected chi connectivity index (χ4v) is 3.11. The fraction of sp³-hybridized carbons (Fsp3) is 0.333. The van der Waals surface area contributed by atoms with Gasteiger partial charge in [0, 0.05) is 17.1 Å². The van der Waals surface area contributed by atoms with Crippen molar-refractivity contribution in [1.29, 1.82) is 0 Å². The number of methoxy groups -OCH3 is 1. The van der Waals surface area contributed by atoms with Gasteiger partial charge in [0.25, 0.3) is 0 Å². The van der Waals surface area contributed by atoms with Gasteiger partial charge in [-0.3, -0.25) is 4.90 Å². The standard InChI is InChI=1S/C18H20ClNO/c1-21-16-6-4-5-15(12-16)17-11-14(7-8-18(17)19)13-20-9-2-3-10-20/h4-8,11-12H,2-3,9-10,13H2,1H3. The Hall–Kier alpha value is -1.51. The van der Waals surface area contributed by atoms with Crippen molar-refractivity contribution in [2.24, 2.45) is 0 Å². The van der Waals surface area contributed by atoms with Gasteiger partial charge in [0.1, 0.15) is 5.75 Å². The molecule has 110 valence electrons. The predicted molar refractivity (Wildman–Crippen MR) is 88.0 cm³/mol. The second-order valence-electron chi connectivity index (χ2n) is 5.53. The SMILES string of the molecule is COc1cccc(-c2cc(CN3CCCC3)ccc2Cl)c1. The van der Waals surface area contributed by atoms with Crippen LogP contribution in [0, 0.1) is 0 Å². The summed E-state index contributed by atoms with van der Waals surface area (Å²) in [6.45, 7) is 3.42. The molecule has 0 N–H and O–H groups in total. The molecule has 1 aliphatic heterocycles. The highest BCUT2D eigenvalue weighted by Gasteiger charge is 2.13. The van der Waals surface area contributed by atoms with E-state index in [9.17, 15) is 0 Å². The highest BCUT2D eigenvalue weighted by atomic mass is 35.5. The Morgan fingerprint density at radius 2 is 1.90 bits per heavy atom. The van der Waals surface area contributed by atoms with Crippen LogP contribution in [0.1, 0.15) is 18.4 Å². The first-order valence-corrected chi connectivity index (χ1v) is 7.79. The van der Waals surface area contributed by atoms with Crippen molar-refractivity contribution >= 4 is 11.6 Å². The Morgan fingerprint density at radius 3 is 2.67 bits per heavy atom. The summed E-state index contributed by atoms with van der Waals surface area (Å²) in [6.07, 6.45) is 2.63. The zero-order valence-electron chi connectivity index (χ0n) is 12.3. The van der Waals surface area contributed by atoms with Crippen LogP contribution in [0.25, 0.3) is 11.1 Å². The number of ether oxygens (including phenoxy) is 1. The number of hydrogen-bond donors (Lipinski definition) is 0. The van der Waals surface area contributed by atoms with Gasteiger partial charge in [-0.25, -0.2) is 0 Å². The van der Waals surface area contributed by atoms with E-state index >= 15 is 0 Å². The van der Waals surface area contributed by atoms with E-state index in [2.05, 4.69) is 23.1 Å². The molecule has 0 aromatic heterocycles. The molecule has 0 unspecified atom stereocenters. The predicted octanol–water partition coefficient (Wildman–Crippen LogP) is 4.61. The molecular weight excluding hydrogens is 282 g/mol. The molecule has 0 spiro atoms. The zero-order valence-corrected chi connectivity index (χ0v) is 13.1. The number of likely N-dealkylation sites (tertiary alicyclic amines) is 1. The molecule has 0 aliphatic carbocycles. The summed E-state index contributed by atoms with van der Waals surface area (Å²) < 4.78 is 5.30. The molecule has 3 rings (SSSR count). The third kappa shape index (κ3) is 3.39. The molecule has 1 fully saturated rings. The fourth-order valence-electron chi connectivity index (χ4n) is 2.88. The lowest BCUT2D eigenvalue weighted by Crippen LogP contribution is -2.18. The Morgan fingerprint density at radius 1 is 1.10 bits per heavy atom. The number of halogens is 1. The lowest BCUT2D eigenvalue weighted by molar-refractivity contribution is 0.331. The molecule has 1 saturated heterocycles. The molecule has 0 saturated carbocycles. The van der Waals surface area contributed by atoms with Gasteiger partial charge < -0.3 is 4.74 Å². The van der Waals surface area contributed by atoms with Gasteiger partial charge in [-0.1, -0.05) is 29.8 Å². The molecule has 0 amide bonds. The minimum Gasteiger partial charge on any atom is -0.497 e. The van der Waals surface area contributed by atoms with Crippen molar-refractivity contribution < 1.29 is 4.74 Å². The lowest BCUT2D eigenvalue weighted by atomic mass is 10.0. The largest absolute Gasteiger partial charge is 0.497 e. The molecule has 21 heavy (non-hydrogen) atoms. The Balaban J connectivity index is 1.89. The highest BCUT2D eigenvalue weighted by molar-refractivity contribution is 6.33. The molecule has 0 radical (unpaired) electrons. The van der Waals surface area contributed by atoms with Gasteiger partial charge in [0.15, 0.2) is 0 Å². The van der Waals surface area contributed by atoms with E-state index in [0.717, 1.165) is 28.4 Å². The summed E-state index contributed by atoms with van der Waals surface area (Å²) in [7, 11) is 1.69. The van der Waals surface area contributed by atoms with Crippen LogP contribution in [-0.2, 0) is 6.54 Å². The summed E-state index contributed by atoms with van der Waals surface area (Å²) in [5.41, 5.74) is 3.49. The van der Waals surface area contributed by atoms with Crippen molar-refractivity contribution in [1.82, 2.24) is 4.90 Å². The van der Waals surface area contributed by atoms with E-state index in [0.29, 0.717) is 0 Å². The average molecular weight is 302 g/mol. The van der Waals surface area contributed by atoms with Gasteiger partial charge in [-0.05, 0) is 61.3 Å². The lowest BCUT2D eigenvalue weighted by Gasteiger charge is -2.16. The van der Waals surface area contributed by atoms with Gasteiger partial charge in [-0.2, -0.15) is 0 Å². The maximum atomic E-state index is 6.39. The normalized spacial score (nSPS) is 15.3. The second-order valence-corrected chi connectivity index (χ2v) is 5.94. The minimum atomic E-state index is 0.786. The molecule has 3 heteroatoms. The summed E-state index contributed by atoms with van der Waals surface area (Å²) in [5.74, 6) is 0.855. The molecular formula is C18H20ClNO. The third-order valence-corrected chi connectivity index (χ3v) is 4.35. The number of benzene rings is 2. The highest BCUT2D eigenvalue weighted by Crippen LogP contribution is 2.31. The van der Waals surface area contributed by atoms with Crippen LogP contribution in [0.3, 0.4) is 0 Å². The second kappa shape index (κ2) is 6.50.